The molecule has 1 N–H and O–H groups in total. The summed E-state index contributed by atoms with van der Waals surface area (Å²) in [6.07, 6.45) is 4.47. The summed E-state index contributed by atoms with van der Waals surface area (Å²) in [6, 6.07) is 6.79. The molecule has 19 heavy (non-hydrogen) atoms. The highest BCUT2D eigenvalue weighted by Crippen LogP contribution is 2.30. The molecule has 1 aromatic rings. The predicted octanol–water partition coefficient (Wildman–Crippen LogP) is 3.46. The lowest BCUT2D eigenvalue weighted by atomic mass is 9.87. The van der Waals surface area contributed by atoms with Crippen LogP contribution in [0.15, 0.2) is 18.2 Å². The van der Waals surface area contributed by atoms with Gasteiger partial charge in [0, 0.05) is 12.1 Å². The van der Waals surface area contributed by atoms with Crippen molar-refractivity contribution in [2.24, 2.45) is 5.92 Å². The highest BCUT2D eigenvalue weighted by molar-refractivity contribution is 5.64. The lowest BCUT2D eigenvalue weighted by Crippen LogP contribution is -2.26. The van der Waals surface area contributed by atoms with Crippen molar-refractivity contribution in [1.29, 1.82) is 5.26 Å². The van der Waals surface area contributed by atoms with Crippen molar-refractivity contribution in [2.75, 3.05) is 5.32 Å². The van der Waals surface area contributed by atoms with Gasteiger partial charge in [-0.05, 0) is 30.9 Å². The monoisotopic (exact) mass is 259 g/mol. The largest absolute Gasteiger partial charge is 0.377 e. The zero-order valence-electron chi connectivity index (χ0n) is 10.9. The van der Waals surface area contributed by atoms with Gasteiger partial charge in [-0.1, -0.05) is 19.8 Å². The Balaban J connectivity index is 2.20. The summed E-state index contributed by atoms with van der Waals surface area (Å²) in [4.78, 5) is 10.6. The number of nitro groups is 1. The zero-order valence-corrected chi connectivity index (χ0v) is 10.9. The van der Waals surface area contributed by atoms with E-state index in [2.05, 4.69) is 12.2 Å². The Bertz CT molecular complexity index is 522. The number of hydrogen-bond acceptors (Lipinski definition) is 4. The Labute approximate surface area is 112 Å². The van der Waals surface area contributed by atoms with Gasteiger partial charge in [-0.15, -0.1) is 0 Å². The number of benzene rings is 1. The molecule has 2 rings (SSSR count). The van der Waals surface area contributed by atoms with E-state index < -0.39 is 4.92 Å². The predicted molar refractivity (Wildman–Crippen MR) is 72.9 cm³/mol. The van der Waals surface area contributed by atoms with Crippen LogP contribution in [-0.2, 0) is 0 Å². The van der Waals surface area contributed by atoms with Crippen LogP contribution in [0.25, 0.3) is 0 Å². The summed E-state index contributed by atoms with van der Waals surface area (Å²) >= 11 is 0. The smallest absolute Gasteiger partial charge is 0.293 e. The van der Waals surface area contributed by atoms with Crippen LogP contribution >= 0.6 is 0 Å². The number of rotatable bonds is 3. The van der Waals surface area contributed by atoms with Crippen LogP contribution in [0, 0.1) is 27.4 Å². The van der Waals surface area contributed by atoms with Gasteiger partial charge in [-0.25, -0.2) is 0 Å². The van der Waals surface area contributed by atoms with Crippen molar-refractivity contribution >= 4 is 11.4 Å². The highest BCUT2D eigenvalue weighted by atomic mass is 16.6. The highest BCUT2D eigenvalue weighted by Gasteiger charge is 2.22. The Kier molecular flexibility index (Phi) is 4.00. The molecule has 1 saturated carbocycles. The average molecular weight is 259 g/mol. The molecule has 2 atom stereocenters. The van der Waals surface area contributed by atoms with Gasteiger partial charge in [-0.3, -0.25) is 10.1 Å². The molecule has 0 amide bonds. The molecule has 0 saturated heterocycles. The molecule has 0 aliphatic heterocycles. The molecule has 0 bridgehead atoms. The second kappa shape index (κ2) is 5.70. The van der Waals surface area contributed by atoms with Gasteiger partial charge in [0.25, 0.3) is 5.69 Å². The van der Waals surface area contributed by atoms with E-state index in [-0.39, 0.29) is 11.7 Å². The van der Waals surface area contributed by atoms with Crippen molar-refractivity contribution < 1.29 is 4.92 Å². The minimum Gasteiger partial charge on any atom is -0.377 e. The fraction of sp³-hybridized carbons (Fsp3) is 0.500. The minimum atomic E-state index is -0.435. The third-order valence-corrected chi connectivity index (χ3v) is 3.62. The number of hydrogen-bond donors (Lipinski definition) is 1. The Morgan fingerprint density at radius 1 is 1.47 bits per heavy atom. The maximum atomic E-state index is 11.1. The Morgan fingerprint density at radius 3 is 2.89 bits per heavy atom. The summed E-state index contributed by atoms with van der Waals surface area (Å²) in [7, 11) is 0. The summed E-state index contributed by atoms with van der Waals surface area (Å²) in [5.41, 5.74) is 0.814. The lowest BCUT2D eigenvalue weighted by Gasteiger charge is -2.28. The third-order valence-electron chi connectivity index (χ3n) is 3.62. The molecule has 1 aromatic carbocycles. The van der Waals surface area contributed by atoms with E-state index in [0.29, 0.717) is 17.2 Å². The molecule has 1 fully saturated rings. The zero-order chi connectivity index (χ0) is 13.8. The minimum absolute atomic E-state index is 0.0164. The maximum Gasteiger partial charge on any atom is 0.293 e. The first kappa shape index (κ1) is 13.3. The van der Waals surface area contributed by atoms with Crippen molar-refractivity contribution in [1.82, 2.24) is 0 Å². The molecular weight excluding hydrogens is 242 g/mol. The topological polar surface area (TPSA) is 79.0 Å². The fourth-order valence-electron chi connectivity index (χ4n) is 2.66. The van der Waals surface area contributed by atoms with Crippen molar-refractivity contribution in [3.05, 3.63) is 33.9 Å². The molecule has 0 heterocycles. The quantitative estimate of drug-likeness (QED) is 0.666. The van der Waals surface area contributed by atoms with Gasteiger partial charge in [0.05, 0.1) is 16.6 Å². The van der Waals surface area contributed by atoms with Gasteiger partial charge >= 0.3 is 0 Å². The average Bonchev–Trinajstić information content (AvgIpc) is 2.39. The number of nitro benzene ring substituents is 1. The van der Waals surface area contributed by atoms with Gasteiger partial charge < -0.3 is 5.32 Å². The normalized spacial score (nSPS) is 22.5. The van der Waals surface area contributed by atoms with Crippen molar-refractivity contribution in [3.8, 4) is 6.07 Å². The van der Waals surface area contributed by atoms with Crippen LogP contribution in [0.4, 0.5) is 11.4 Å². The van der Waals surface area contributed by atoms with Gasteiger partial charge in [0.15, 0.2) is 0 Å². The SMILES string of the molecule is CC1CCCC(Nc2ccc(C#N)cc2[N+](=O)[O-])C1. The molecule has 0 aromatic heterocycles. The van der Waals surface area contributed by atoms with E-state index in [1.54, 1.807) is 12.1 Å². The molecule has 5 nitrogen and oxygen atoms in total. The van der Waals surface area contributed by atoms with E-state index in [9.17, 15) is 10.1 Å². The molecule has 1 aliphatic carbocycles. The van der Waals surface area contributed by atoms with Crippen LogP contribution in [0.3, 0.4) is 0 Å². The van der Waals surface area contributed by atoms with Gasteiger partial charge in [0.1, 0.15) is 5.69 Å². The maximum absolute atomic E-state index is 11.1. The van der Waals surface area contributed by atoms with Crippen LogP contribution in [0.5, 0.6) is 0 Å². The Hall–Kier alpha value is -2.09. The van der Waals surface area contributed by atoms with Gasteiger partial charge in [0.2, 0.25) is 0 Å². The third kappa shape index (κ3) is 3.22. The number of nitrogens with one attached hydrogen (secondary N) is 1. The van der Waals surface area contributed by atoms with Crippen LogP contribution in [-0.4, -0.2) is 11.0 Å². The van der Waals surface area contributed by atoms with E-state index in [4.69, 9.17) is 5.26 Å². The molecule has 2 unspecified atom stereocenters. The summed E-state index contributed by atoms with van der Waals surface area (Å²) in [5, 5.41) is 23.1. The van der Waals surface area contributed by atoms with Crippen molar-refractivity contribution in [3.63, 3.8) is 0 Å². The molecule has 1 aliphatic rings. The summed E-state index contributed by atoms with van der Waals surface area (Å²) < 4.78 is 0. The molecular formula is C14H17N3O2. The van der Waals surface area contributed by atoms with E-state index in [1.807, 2.05) is 6.07 Å². The second-order valence-electron chi connectivity index (χ2n) is 5.21. The van der Waals surface area contributed by atoms with E-state index >= 15 is 0 Å². The molecule has 0 spiro atoms. The number of nitriles is 1. The first-order valence-corrected chi connectivity index (χ1v) is 6.55. The summed E-state index contributed by atoms with van der Waals surface area (Å²) in [6.45, 7) is 2.21. The number of nitrogens with zero attached hydrogens (tertiary/aromatic N) is 2. The molecule has 100 valence electrons. The lowest BCUT2D eigenvalue weighted by molar-refractivity contribution is -0.384. The molecule has 0 radical (unpaired) electrons. The van der Waals surface area contributed by atoms with Crippen LogP contribution < -0.4 is 5.32 Å². The van der Waals surface area contributed by atoms with Crippen molar-refractivity contribution in [2.45, 2.75) is 38.6 Å². The fourth-order valence-corrected chi connectivity index (χ4v) is 2.66. The van der Waals surface area contributed by atoms with E-state index in [0.717, 1.165) is 19.3 Å². The molecule has 5 heteroatoms. The van der Waals surface area contributed by atoms with Crippen LogP contribution in [0.1, 0.15) is 38.2 Å². The van der Waals surface area contributed by atoms with E-state index in [1.165, 1.54) is 12.5 Å². The first-order valence-electron chi connectivity index (χ1n) is 6.55. The van der Waals surface area contributed by atoms with Gasteiger partial charge in [-0.2, -0.15) is 5.26 Å². The Morgan fingerprint density at radius 2 is 2.26 bits per heavy atom. The second-order valence-corrected chi connectivity index (χ2v) is 5.21. The standard InChI is InChI=1S/C14H17N3O2/c1-10-3-2-4-12(7-10)16-13-6-5-11(9-15)8-14(13)17(18)19/h5-6,8,10,12,16H,2-4,7H2,1H3. The first-order chi connectivity index (χ1) is 9.10. The van der Waals surface area contributed by atoms with Crippen LogP contribution in [0.2, 0.25) is 0 Å². The number of anilines is 1. The summed E-state index contributed by atoms with van der Waals surface area (Å²) in [5.74, 6) is 0.656.